The Kier molecular flexibility index (Phi) is 4.17. The van der Waals surface area contributed by atoms with E-state index in [1.165, 1.54) is 6.07 Å². The van der Waals surface area contributed by atoms with Crippen LogP contribution >= 0.6 is 15.9 Å². The van der Waals surface area contributed by atoms with E-state index in [-0.39, 0.29) is 11.4 Å². The highest BCUT2D eigenvalue weighted by molar-refractivity contribution is 9.10. The van der Waals surface area contributed by atoms with Crippen molar-refractivity contribution in [3.05, 3.63) is 34.1 Å². The molecule has 1 aromatic rings. The Bertz CT molecular complexity index is 391. The molecule has 1 aliphatic heterocycles. The van der Waals surface area contributed by atoms with Crippen LogP contribution in [-0.4, -0.2) is 18.8 Å². The highest BCUT2D eigenvalue weighted by Crippen LogP contribution is 2.24. The standard InChI is InChI=1S/C13H17BrFNO/c1-13(5-2-6-17-13)9-16-8-10-7-11(15)3-4-12(10)14/h3-4,7,16H,2,5-6,8-9H2,1H3. The Labute approximate surface area is 110 Å². The zero-order valence-corrected chi connectivity index (χ0v) is 11.5. The maximum Gasteiger partial charge on any atom is 0.123 e. The molecule has 0 amide bonds. The van der Waals surface area contributed by atoms with E-state index in [1.54, 1.807) is 12.1 Å². The summed E-state index contributed by atoms with van der Waals surface area (Å²) in [5.74, 6) is -0.201. The fraction of sp³-hybridized carbons (Fsp3) is 0.538. The average Bonchev–Trinajstić information content (AvgIpc) is 2.71. The van der Waals surface area contributed by atoms with Gasteiger partial charge in [0.2, 0.25) is 0 Å². The monoisotopic (exact) mass is 301 g/mol. The van der Waals surface area contributed by atoms with Gasteiger partial charge in [-0.15, -0.1) is 0 Å². The minimum atomic E-state index is -0.201. The SMILES string of the molecule is CC1(CNCc2cc(F)ccc2Br)CCCO1. The number of halogens is 2. The lowest BCUT2D eigenvalue weighted by molar-refractivity contribution is 0.0206. The van der Waals surface area contributed by atoms with Gasteiger partial charge in [0.1, 0.15) is 5.82 Å². The molecule has 1 N–H and O–H groups in total. The van der Waals surface area contributed by atoms with E-state index in [2.05, 4.69) is 28.2 Å². The van der Waals surface area contributed by atoms with Crippen molar-refractivity contribution in [2.45, 2.75) is 31.9 Å². The second-order valence-electron chi connectivity index (χ2n) is 4.74. The first-order valence-electron chi connectivity index (χ1n) is 5.88. The summed E-state index contributed by atoms with van der Waals surface area (Å²) in [5.41, 5.74) is 0.881. The van der Waals surface area contributed by atoms with Crippen LogP contribution in [0.4, 0.5) is 4.39 Å². The molecule has 2 rings (SSSR count). The van der Waals surface area contributed by atoms with Gasteiger partial charge in [0.05, 0.1) is 5.60 Å². The molecule has 0 aromatic heterocycles. The van der Waals surface area contributed by atoms with E-state index in [9.17, 15) is 4.39 Å². The van der Waals surface area contributed by atoms with E-state index in [4.69, 9.17) is 4.74 Å². The summed E-state index contributed by atoms with van der Waals surface area (Å²) in [4.78, 5) is 0. The molecule has 0 radical (unpaired) electrons. The van der Waals surface area contributed by atoms with Gasteiger partial charge in [-0.05, 0) is 43.5 Å². The third-order valence-corrected chi connectivity index (χ3v) is 3.90. The van der Waals surface area contributed by atoms with Crippen molar-refractivity contribution < 1.29 is 9.13 Å². The van der Waals surface area contributed by atoms with Crippen molar-refractivity contribution in [3.63, 3.8) is 0 Å². The lowest BCUT2D eigenvalue weighted by Gasteiger charge is -2.23. The molecule has 2 nitrogen and oxygen atoms in total. The predicted octanol–water partition coefficient (Wildman–Crippen LogP) is 3.25. The molecule has 0 saturated carbocycles. The van der Waals surface area contributed by atoms with Crippen LogP contribution in [0.5, 0.6) is 0 Å². The smallest absolute Gasteiger partial charge is 0.123 e. The molecular formula is C13H17BrFNO. The normalized spacial score (nSPS) is 24.2. The third-order valence-electron chi connectivity index (χ3n) is 3.12. The van der Waals surface area contributed by atoms with E-state index in [0.29, 0.717) is 6.54 Å². The van der Waals surface area contributed by atoms with Crippen LogP contribution in [0.1, 0.15) is 25.3 Å². The fourth-order valence-electron chi connectivity index (χ4n) is 2.12. The Morgan fingerprint density at radius 3 is 3.06 bits per heavy atom. The minimum Gasteiger partial charge on any atom is -0.374 e. The Morgan fingerprint density at radius 2 is 2.35 bits per heavy atom. The highest BCUT2D eigenvalue weighted by atomic mass is 79.9. The number of rotatable bonds is 4. The molecule has 0 aliphatic carbocycles. The van der Waals surface area contributed by atoms with Gasteiger partial charge >= 0.3 is 0 Å². The first-order chi connectivity index (χ1) is 8.09. The lowest BCUT2D eigenvalue weighted by Crippen LogP contribution is -2.36. The summed E-state index contributed by atoms with van der Waals surface area (Å²) in [6, 6.07) is 4.74. The molecule has 1 saturated heterocycles. The Balaban J connectivity index is 1.87. The van der Waals surface area contributed by atoms with Crippen molar-refractivity contribution in [1.29, 1.82) is 0 Å². The summed E-state index contributed by atoms with van der Waals surface area (Å²) in [6.45, 7) is 4.42. The molecule has 1 heterocycles. The largest absolute Gasteiger partial charge is 0.374 e. The van der Waals surface area contributed by atoms with Crippen LogP contribution in [0.15, 0.2) is 22.7 Å². The third kappa shape index (κ3) is 3.50. The molecule has 94 valence electrons. The zero-order valence-electron chi connectivity index (χ0n) is 9.93. The molecule has 1 atom stereocenters. The van der Waals surface area contributed by atoms with Gasteiger partial charge < -0.3 is 10.1 Å². The van der Waals surface area contributed by atoms with Crippen molar-refractivity contribution in [2.24, 2.45) is 0 Å². The van der Waals surface area contributed by atoms with Crippen molar-refractivity contribution >= 4 is 15.9 Å². The Morgan fingerprint density at radius 1 is 1.53 bits per heavy atom. The van der Waals surface area contributed by atoms with Gasteiger partial charge in [-0.2, -0.15) is 0 Å². The molecule has 0 bridgehead atoms. The van der Waals surface area contributed by atoms with Crippen LogP contribution < -0.4 is 5.32 Å². The van der Waals surface area contributed by atoms with Crippen molar-refractivity contribution in [3.8, 4) is 0 Å². The molecule has 1 aliphatic rings. The van der Waals surface area contributed by atoms with Gasteiger partial charge in [0.15, 0.2) is 0 Å². The highest BCUT2D eigenvalue weighted by Gasteiger charge is 2.28. The van der Waals surface area contributed by atoms with Crippen LogP contribution in [0.25, 0.3) is 0 Å². The van der Waals surface area contributed by atoms with E-state index >= 15 is 0 Å². The number of hydrogen-bond donors (Lipinski definition) is 1. The quantitative estimate of drug-likeness (QED) is 0.922. The molecule has 4 heteroatoms. The average molecular weight is 302 g/mol. The summed E-state index contributed by atoms with van der Waals surface area (Å²) in [7, 11) is 0. The van der Waals surface area contributed by atoms with Crippen LogP contribution in [0, 0.1) is 5.82 Å². The van der Waals surface area contributed by atoms with Crippen molar-refractivity contribution in [2.75, 3.05) is 13.2 Å². The fourth-order valence-corrected chi connectivity index (χ4v) is 2.50. The number of hydrogen-bond acceptors (Lipinski definition) is 2. The lowest BCUT2D eigenvalue weighted by atomic mass is 10.0. The first-order valence-corrected chi connectivity index (χ1v) is 6.67. The number of nitrogens with one attached hydrogen (secondary N) is 1. The molecular weight excluding hydrogens is 285 g/mol. The van der Waals surface area contributed by atoms with E-state index in [0.717, 1.165) is 36.0 Å². The number of ether oxygens (including phenoxy) is 1. The van der Waals surface area contributed by atoms with Gasteiger partial charge in [0, 0.05) is 24.2 Å². The van der Waals surface area contributed by atoms with Crippen LogP contribution in [0.3, 0.4) is 0 Å². The summed E-state index contributed by atoms with van der Waals surface area (Å²) in [5, 5.41) is 3.33. The first kappa shape index (κ1) is 13.0. The van der Waals surface area contributed by atoms with Gasteiger partial charge in [0.25, 0.3) is 0 Å². The summed E-state index contributed by atoms with van der Waals surface area (Å²) < 4.78 is 19.7. The van der Waals surface area contributed by atoms with Crippen molar-refractivity contribution in [1.82, 2.24) is 5.32 Å². The van der Waals surface area contributed by atoms with Crippen LogP contribution in [0.2, 0.25) is 0 Å². The van der Waals surface area contributed by atoms with Crippen LogP contribution in [-0.2, 0) is 11.3 Å². The summed E-state index contributed by atoms with van der Waals surface area (Å²) >= 11 is 3.42. The van der Waals surface area contributed by atoms with Gasteiger partial charge in [-0.1, -0.05) is 15.9 Å². The summed E-state index contributed by atoms with van der Waals surface area (Å²) in [6.07, 6.45) is 2.21. The predicted molar refractivity (Wildman–Crippen MR) is 69.4 cm³/mol. The maximum absolute atomic E-state index is 13.1. The molecule has 1 aromatic carbocycles. The molecule has 1 fully saturated rings. The number of benzene rings is 1. The Hall–Kier alpha value is -0.450. The van der Waals surface area contributed by atoms with E-state index < -0.39 is 0 Å². The zero-order chi connectivity index (χ0) is 12.3. The van der Waals surface area contributed by atoms with Gasteiger partial charge in [-0.25, -0.2) is 4.39 Å². The molecule has 17 heavy (non-hydrogen) atoms. The second kappa shape index (κ2) is 5.46. The van der Waals surface area contributed by atoms with E-state index in [1.807, 2.05) is 0 Å². The maximum atomic E-state index is 13.1. The molecule has 1 unspecified atom stereocenters. The topological polar surface area (TPSA) is 21.3 Å². The second-order valence-corrected chi connectivity index (χ2v) is 5.60. The van der Waals surface area contributed by atoms with Gasteiger partial charge in [-0.3, -0.25) is 0 Å². The minimum absolute atomic E-state index is 0.0558. The molecule has 0 spiro atoms.